The Morgan fingerprint density at radius 2 is 2.04 bits per heavy atom. The average Bonchev–Trinajstić information content (AvgIpc) is 3.02. The number of carbonyl (C=O) groups excluding carboxylic acids is 1. The van der Waals surface area contributed by atoms with E-state index < -0.39 is 11.5 Å². The number of nitrogens with zero attached hydrogens (tertiary/aromatic N) is 5. The SMILES string of the molecule is CCCc1[nH]n(C(=O)c2ccc[n+]([O-])c2)c(=O)c1N=Nc1ccc(C#N)cc1. The van der Waals surface area contributed by atoms with Crippen molar-refractivity contribution >= 4 is 17.3 Å². The smallest absolute Gasteiger partial charge is 0.302 e. The predicted molar refractivity (Wildman–Crippen MR) is 99.5 cm³/mol. The van der Waals surface area contributed by atoms with E-state index in [-0.39, 0.29) is 11.3 Å². The Morgan fingerprint density at radius 3 is 2.68 bits per heavy atom. The molecule has 2 heterocycles. The highest BCUT2D eigenvalue weighted by molar-refractivity contribution is 5.95. The highest BCUT2D eigenvalue weighted by atomic mass is 16.5. The first-order valence-corrected chi connectivity index (χ1v) is 8.52. The van der Waals surface area contributed by atoms with Crippen molar-refractivity contribution in [3.63, 3.8) is 0 Å². The molecule has 2 aromatic heterocycles. The molecule has 0 saturated carbocycles. The number of carbonyl (C=O) groups is 1. The standard InChI is InChI=1S/C19H16N6O3/c1-2-4-16-17(22-21-15-8-6-13(11-20)7-9-15)19(27)25(23-16)18(26)14-5-3-10-24(28)12-14/h3,5-10,12,23H,2,4H2,1H3. The van der Waals surface area contributed by atoms with Gasteiger partial charge in [-0.05, 0) is 36.8 Å². The molecule has 0 spiro atoms. The summed E-state index contributed by atoms with van der Waals surface area (Å²) in [5, 5.41) is 31.1. The van der Waals surface area contributed by atoms with Gasteiger partial charge in [-0.3, -0.25) is 14.7 Å². The molecule has 9 nitrogen and oxygen atoms in total. The Balaban J connectivity index is 1.99. The van der Waals surface area contributed by atoms with E-state index in [0.29, 0.717) is 28.1 Å². The monoisotopic (exact) mass is 376 g/mol. The van der Waals surface area contributed by atoms with Gasteiger partial charge in [0, 0.05) is 6.07 Å². The van der Waals surface area contributed by atoms with Crippen molar-refractivity contribution < 1.29 is 9.52 Å². The molecule has 1 N–H and O–H groups in total. The van der Waals surface area contributed by atoms with Gasteiger partial charge < -0.3 is 5.21 Å². The van der Waals surface area contributed by atoms with Gasteiger partial charge in [-0.2, -0.15) is 19.8 Å². The minimum atomic E-state index is -0.660. The summed E-state index contributed by atoms with van der Waals surface area (Å²) in [5.41, 5.74) is 0.885. The lowest BCUT2D eigenvalue weighted by atomic mass is 10.2. The summed E-state index contributed by atoms with van der Waals surface area (Å²) >= 11 is 0. The normalized spacial score (nSPS) is 10.9. The fourth-order valence-electron chi connectivity index (χ4n) is 2.56. The van der Waals surface area contributed by atoms with Crippen LogP contribution in [0.4, 0.5) is 11.4 Å². The molecule has 3 aromatic rings. The molecule has 0 unspecified atom stereocenters. The van der Waals surface area contributed by atoms with Crippen LogP contribution in [0.2, 0.25) is 0 Å². The molecule has 0 aliphatic carbocycles. The van der Waals surface area contributed by atoms with Gasteiger partial charge in [-0.15, -0.1) is 5.11 Å². The summed E-state index contributed by atoms with van der Waals surface area (Å²) in [7, 11) is 0. The van der Waals surface area contributed by atoms with E-state index >= 15 is 0 Å². The maximum absolute atomic E-state index is 12.7. The number of azo groups is 1. The Morgan fingerprint density at radius 1 is 1.29 bits per heavy atom. The van der Waals surface area contributed by atoms with E-state index in [0.717, 1.165) is 17.3 Å². The summed E-state index contributed by atoms with van der Waals surface area (Å²) in [4.78, 5) is 25.3. The summed E-state index contributed by atoms with van der Waals surface area (Å²) in [6.07, 6.45) is 3.55. The molecule has 0 amide bonds. The lowest BCUT2D eigenvalue weighted by Gasteiger charge is -2.01. The maximum Gasteiger partial charge on any atom is 0.302 e. The number of nitriles is 1. The number of hydrogen-bond donors (Lipinski definition) is 1. The molecular weight excluding hydrogens is 360 g/mol. The first-order chi connectivity index (χ1) is 13.5. The zero-order chi connectivity index (χ0) is 20.1. The lowest BCUT2D eigenvalue weighted by molar-refractivity contribution is -0.605. The van der Waals surface area contributed by atoms with Crippen LogP contribution in [0.3, 0.4) is 0 Å². The number of pyridine rings is 1. The Kier molecular flexibility index (Phi) is 5.41. The van der Waals surface area contributed by atoms with Crippen LogP contribution < -0.4 is 10.3 Å². The fraction of sp³-hybridized carbons (Fsp3) is 0.158. The van der Waals surface area contributed by atoms with Gasteiger partial charge >= 0.3 is 5.56 Å². The van der Waals surface area contributed by atoms with Gasteiger partial charge in [0.05, 0.1) is 23.0 Å². The topological polar surface area (TPSA) is 130 Å². The Labute approximate surface area is 159 Å². The zero-order valence-electron chi connectivity index (χ0n) is 15.0. The maximum atomic E-state index is 12.7. The third-order valence-electron chi connectivity index (χ3n) is 3.93. The first-order valence-electron chi connectivity index (χ1n) is 8.52. The fourth-order valence-corrected chi connectivity index (χ4v) is 2.56. The molecule has 0 aliphatic rings. The van der Waals surface area contributed by atoms with Crippen molar-refractivity contribution in [3.8, 4) is 6.07 Å². The molecule has 9 heteroatoms. The van der Waals surface area contributed by atoms with E-state index in [1.807, 2.05) is 13.0 Å². The van der Waals surface area contributed by atoms with E-state index in [1.165, 1.54) is 18.3 Å². The van der Waals surface area contributed by atoms with Crippen molar-refractivity contribution in [2.24, 2.45) is 10.2 Å². The molecule has 1 aromatic carbocycles. The van der Waals surface area contributed by atoms with Gasteiger partial charge in [0.1, 0.15) is 5.56 Å². The number of benzene rings is 1. The number of H-pyrrole nitrogens is 1. The van der Waals surface area contributed by atoms with Gasteiger partial charge in [0.25, 0.3) is 5.91 Å². The lowest BCUT2D eigenvalue weighted by Crippen LogP contribution is -2.30. The van der Waals surface area contributed by atoms with Crippen LogP contribution in [0.15, 0.2) is 63.8 Å². The summed E-state index contributed by atoms with van der Waals surface area (Å²) in [5.74, 6) is -0.660. The minimum absolute atomic E-state index is 0.0329. The second kappa shape index (κ2) is 8.09. The molecule has 28 heavy (non-hydrogen) atoms. The van der Waals surface area contributed by atoms with Crippen LogP contribution in [-0.2, 0) is 6.42 Å². The third-order valence-corrected chi connectivity index (χ3v) is 3.93. The van der Waals surface area contributed by atoms with Crippen molar-refractivity contribution in [2.75, 3.05) is 0 Å². The molecule has 0 aliphatic heterocycles. The van der Waals surface area contributed by atoms with Crippen molar-refractivity contribution in [1.29, 1.82) is 5.26 Å². The number of rotatable bonds is 5. The largest absolute Gasteiger partial charge is 0.619 e. The van der Waals surface area contributed by atoms with Crippen LogP contribution >= 0.6 is 0 Å². The molecule has 3 rings (SSSR count). The molecule has 140 valence electrons. The number of aromatic amines is 1. The quantitative estimate of drug-likeness (QED) is 0.417. The number of nitrogens with one attached hydrogen (secondary N) is 1. The Bertz CT molecular complexity index is 1140. The number of aryl methyl sites for hydroxylation is 1. The molecule has 0 fully saturated rings. The van der Waals surface area contributed by atoms with Gasteiger partial charge in [-0.25, -0.2) is 0 Å². The number of aromatic nitrogens is 3. The average molecular weight is 376 g/mol. The molecule has 0 radical (unpaired) electrons. The zero-order valence-corrected chi connectivity index (χ0v) is 15.0. The van der Waals surface area contributed by atoms with Gasteiger partial charge in [0.2, 0.25) is 0 Å². The van der Waals surface area contributed by atoms with E-state index in [2.05, 4.69) is 15.3 Å². The van der Waals surface area contributed by atoms with Crippen molar-refractivity contribution in [1.82, 2.24) is 9.78 Å². The summed E-state index contributed by atoms with van der Waals surface area (Å²) in [6.45, 7) is 1.93. The van der Waals surface area contributed by atoms with E-state index in [1.54, 1.807) is 24.3 Å². The second-order valence-corrected chi connectivity index (χ2v) is 5.95. The molecule has 0 atom stereocenters. The van der Waals surface area contributed by atoms with Crippen LogP contribution in [0.1, 0.15) is 35.0 Å². The Hall–Kier alpha value is -4.06. The summed E-state index contributed by atoms with van der Waals surface area (Å²) in [6, 6.07) is 11.3. The highest BCUT2D eigenvalue weighted by Crippen LogP contribution is 2.20. The molecular formula is C19H16N6O3. The molecule has 0 bridgehead atoms. The first kappa shape index (κ1) is 18.7. The summed E-state index contributed by atoms with van der Waals surface area (Å²) < 4.78 is 1.31. The minimum Gasteiger partial charge on any atom is -0.619 e. The highest BCUT2D eigenvalue weighted by Gasteiger charge is 2.20. The van der Waals surface area contributed by atoms with Crippen molar-refractivity contribution in [3.05, 3.63) is 81.2 Å². The van der Waals surface area contributed by atoms with Gasteiger partial charge in [-0.1, -0.05) is 13.3 Å². The van der Waals surface area contributed by atoms with E-state index in [4.69, 9.17) is 5.26 Å². The molecule has 0 saturated heterocycles. The van der Waals surface area contributed by atoms with Gasteiger partial charge in [0.15, 0.2) is 18.1 Å². The third kappa shape index (κ3) is 3.86. The predicted octanol–water partition coefficient (Wildman–Crippen LogP) is 2.74. The van der Waals surface area contributed by atoms with Crippen molar-refractivity contribution in [2.45, 2.75) is 19.8 Å². The van der Waals surface area contributed by atoms with Crippen LogP contribution in [0.5, 0.6) is 0 Å². The van der Waals surface area contributed by atoms with Crippen LogP contribution in [0.25, 0.3) is 0 Å². The second-order valence-electron chi connectivity index (χ2n) is 5.95. The van der Waals surface area contributed by atoms with Crippen LogP contribution in [-0.4, -0.2) is 15.7 Å². The number of hydrogen-bond acceptors (Lipinski definition) is 6. The van der Waals surface area contributed by atoms with E-state index in [9.17, 15) is 14.8 Å². The van der Waals surface area contributed by atoms with Crippen LogP contribution in [0, 0.1) is 16.5 Å².